The van der Waals surface area contributed by atoms with Crippen LogP contribution in [0.5, 0.6) is 0 Å². The Bertz CT molecular complexity index is 660. The van der Waals surface area contributed by atoms with Gasteiger partial charge in [-0.1, -0.05) is 37.3 Å². The second-order valence-corrected chi connectivity index (χ2v) is 8.55. The van der Waals surface area contributed by atoms with Crippen LogP contribution in [0.4, 0.5) is 0 Å². The van der Waals surface area contributed by atoms with Crippen molar-refractivity contribution in [2.75, 3.05) is 26.2 Å². The lowest BCUT2D eigenvalue weighted by Gasteiger charge is -2.38. The van der Waals surface area contributed by atoms with Crippen molar-refractivity contribution >= 4 is 11.8 Å². The summed E-state index contributed by atoms with van der Waals surface area (Å²) in [4.78, 5) is 30.1. The zero-order valence-corrected chi connectivity index (χ0v) is 15.8. The van der Waals surface area contributed by atoms with Crippen molar-refractivity contribution in [1.82, 2.24) is 9.80 Å². The summed E-state index contributed by atoms with van der Waals surface area (Å²) in [7, 11) is 0. The standard InChI is InChI=1S/C22H30N2O2/c1-17-6-5-13-24(16-17)20(25)18-9-14-23(15-10-18)21(26)22(11-12-22)19-7-3-2-4-8-19/h2-4,7-8,17-18H,5-6,9-16H2,1H3. The van der Waals surface area contributed by atoms with Crippen LogP contribution in [-0.2, 0) is 15.0 Å². The molecule has 2 saturated heterocycles. The Balaban J connectivity index is 1.35. The van der Waals surface area contributed by atoms with E-state index in [1.807, 2.05) is 23.1 Å². The van der Waals surface area contributed by atoms with Gasteiger partial charge in [-0.15, -0.1) is 0 Å². The van der Waals surface area contributed by atoms with Gasteiger partial charge in [0.05, 0.1) is 5.41 Å². The van der Waals surface area contributed by atoms with E-state index in [2.05, 4.69) is 24.0 Å². The number of hydrogen-bond donors (Lipinski definition) is 0. The Morgan fingerprint density at radius 1 is 0.962 bits per heavy atom. The summed E-state index contributed by atoms with van der Waals surface area (Å²) in [6, 6.07) is 10.2. The highest BCUT2D eigenvalue weighted by Gasteiger charge is 2.53. The first-order chi connectivity index (χ1) is 12.6. The zero-order valence-electron chi connectivity index (χ0n) is 15.8. The summed E-state index contributed by atoms with van der Waals surface area (Å²) in [5, 5.41) is 0. The molecule has 0 radical (unpaired) electrons. The van der Waals surface area contributed by atoms with Crippen molar-refractivity contribution in [1.29, 1.82) is 0 Å². The minimum atomic E-state index is -0.277. The average Bonchev–Trinajstić information content (AvgIpc) is 3.50. The van der Waals surface area contributed by atoms with Gasteiger partial charge < -0.3 is 9.80 Å². The van der Waals surface area contributed by atoms with Gasteiger partial charge in [0.2, 0.25) is 11.8 Å². The molecule has 4 nitrogen and oxygen atoms in total. The number of amides is 2. The first-order valence-electron chi connectivity index (χ1n) is 10.2. The van der Waals surface area contributed by atoms with Crippen molar-refractivity contribution in [2.45, 2.75) is 50.9 Å². The number of nitrogens with zero attached hydrogens (tertiary/aromatic N) is 2. The van der Waals surface area contributed by atoms with Gasteiger partial charge >= 0.3 is 0 Å². The monoisotopic (exact) mass is 354 g/mol. The fraction of sp³-hybridized carbons (Fsp3) is 0.636. The fourth-order valence-corrected chi connectivity index (χ4v) is 4.79. The van der Waals surface area contributed by atoms with Crippen LogP contribution in [0.3, 0.4) is 0 Å². The molecule has 2 amide bonds. The molecule has 1 unspecified atom stereocenters. The van der Waals surface area contributed by atoms with Crippen molar-refractivity contribution in [3.8, 4) is 0 Å². The maximum Gasteiger partial charge on any atom is 0.233 e. The minimum Gasteiger partial charge on any atom is -0.342 e. The molecule has 0 aromatic heterocycles. The van der Waals surface area contributed by atoms with Crippen LogP contribution in [0.1, 0.15) is 51.0 Å². The van der Waals surface area contributed by atoms with E-state index in [4.69, 9.17) is 0 Å². The maximum atomic E-state index is 13.1. The Hall–Kier alpha value is -1.84. The molecule has 1 atom stereocenters. The molecule has 26 heavy (non-hydrogen) atoms. The van der Waals surface area contributed by atoms with Crippen molar-refractivity contribution in [3.05, 3.63) is 35.9 Å². The molecule has 0 spiro atoms. The second-order valence-electron chi connectivity index (χ2n) is 8.55. The number of carbonyl (C=O) groups is 2. The first kappa shape index (κ1) is 17.6. The number of carbonyl (C=O) groups excluding carboxylic acids is 2. The lowest BCUT2D eigenvalue weighted by Crippen LogP contribution is -2.48. The predicted octanol–water partition coefficient (Wildman–Crippen LogP) is 3.22. The largest absolute Gasteiger partial charge is 0.342 e. The highest BCUT2D eigenvalue weighted by Crippen LogP contribution is 2.49. The molecule has 1 aromatic rings. The molecule has 140 valence electrons. The van der Waals surface area contributed by atoms with E-state index in [1.54, 1.807) is 0 Å². The molecule has 2 aliphatic heterocycles. The summed E-state index contributed by atoms with van der Waals surface area (Å²) in [5.41, 5.74) is 0.881. The Morgan fingerprint density at radius 2 is 1.65 bits per heavy atom. The van der Waals surface area contributed by atoms with E-state index in [9.17, 15) is 9.59 Å². The van der Waals surface area contributed by atoms with E-state index in [0.29, 0.717) is 11.8 Å². The quantitative estimate of drug-likeness (QED) is 0.836. The molecular weight excluding hydrogens is 324 g/mol. The lowest BCUT2D eigenvalue weighted by atomic mass is 9.90. The lowest BCUT2D eigenvalue weighted by molar-refractivity contribution is -0.143. The third kappa shape index (κ3) is 3.26. The van der Waals surface area contributed by atoms with Gasteiger partial charge in [-0.2, -0.15) is 0 Å². The van der Waals surface area contributed by atoms with Gasteiger partial charge in [-0.25, -0.2) is 0 Å². The van der Waals surface area contributed by atoms with Gasteiger partial charge in [0.25, 0.3) is 0 Å². The number of benzene rings is 1. The Morgan fingerprint density at radius 3 is 2.27 bits per heavy atom. The summed E-state index contributed by atoms with van der Waals surface area (Å²) in [5.74, 6) is 1.33. The van der Waals surface area contributed by atoms with Gasteiger partial charge in [0, 0.05) is 32.1 Å². The zero-order chi connectivity index (χ0) is 18.1. The SMILES string of the molecule is CC1CCCN(C(=O)C2CCN(C(=O)C3(c4ccccc4)CC3)CC2)C1. The van der Waals surface area contributed by atoms with Gasteiger partial charge in [-0.05, 0) is 50.0 Å². The van der Waals surface area contributed by atoms with Gasteiger partial charge in [-0.3, -0.25) is 9.59 Å². The van der Waals surface area contributed by atoms with Crippen molar-refractivity contribution < 1.29 is 9.59 Å². The van der Waals surface area contributed by atoms with Crippen LogP contribution in [0.15, 0.2) is 30.3 Å². The van der Waals surface area contributed by atoms with Gasteiger partial charge in [0.15, 0.2) is 0 Å². The smallest absolute Gasteiger partial charge is 0.233 e. The summed E-state index contributed by atoms with van der Waals surface area (Å²) >= 11 is 0. The summed E-state index contributed by atoms with van der Waals surface area (Å²) in [6.07, 6.45) is 5.92. The van der Waals surface area contributed by atoms with Crippen LogP contribution in [0.2, 0.25) is 0 Å². The molecule has 3 fully saturated rings. The summed E-state index contributed by atoms with van der Waals surface area (Å²) < 4.78 is 0. The molecule has 0 N–H and O–H groups in total. The molecule has 0 bridgehead atoms. The molecule has 1 saturated carbocycles. The average molecular weight is 354 g/mol. The van der Waals surface area contributed by atoms with Crippen LogP contribution >= 0.6 is 0 Å². The molecule has 1 aliphatic carbocycles. The maximum absolute atomic E-state index is 13.1. The molecule has 4 rings (SSSR count). The van der Waals surface area contributed by atoms with E-state index in [-0.39, 0.29) is 17.2 Å². The summed E-state index contributed by atoms with van der Waals surface area (Å²) in [6.45, 7) is 5.52. The van der Waals surface area contributed by atoms with E-state index < -0.39 is 0 Å². The van der Waals surface area contributed by atoms with Crippen LogP contribution in [0, 0.1) is 11.8 Å². The molecule has 3 aliphatic rings. The molecular formula is C22H30N2O2. The normalized spacial score (nSPS) is 25.8. The Labute approximate surface area is 156 Å². The van der Waals surface area contributed by atoms with Crippen LogP contribution in [-0.4, -0.2) is 47.8 Å². The fourth-order valence-electron chi connectivity index (χ4n) is 4.79. The third-order valence-corrected chi connectivity index (χ3v) is 6.59. The molecule has 4 heteroatoms. The van der Waals surface area contributed by atoms with E-state index >= 15 is 0 Å². The Kier molecular flexibility index (Phi) is 4.76. The topological polar surface area (TPSA) is 40.6 Å². The highest BCUT2D eigenvalue weighted by molar-refractivity contribution is 5.91. The van der Waals surface area contributed by atoms with Crippen LogP contribution < -0.4 is 0 Å². The minimum absolute atomic E-state index is 0.108. The van der Waals surface area contributed by atoms with E-state index in [0.717, 1.165) is 63.8 Å². The van der Waals surface area contributed by atoms with E-state index in [1.165, 1.54) is 6.42 Å². The second kappa shape index (κ2) is 7.05. The molecule has 1 aromatic carbocycles. The number of rotatable bonds is 3. The third-order valence-electron chi connectivity index (χ3n) is 6.59. The first-order valence-corrected chi connectivity index (χ1v) is 10.2. The number of hydrogen-bond acceptors (Lipinski definition) is 2. The van der Waals surface area contributed by atoms with Crippen molar-refractivity contribution in [3.63, 3.8) is 0 Å². The van der Waals surface area contributed by atoms with Crippen molar-refractivity contribution in [2.24, 2.45) is 11.8 Å². The van der Waals surface area contributed by atoms with Crippen LogP contribution in [0.25, 0.3) is 0 Å². The number of piperidine rings is 2. The van der Waals surface area contributed by atoms with Gasteiger partial charge in [0.1, 0.15) is 0 Å². The predicted molar refractivity (Wildman–Crippen MR) is 102 cm³/mol. The molecule has 2 heterocycles. The number of likely N-dealkylation sites (tertiary alicyclic amines) is 2. The highest BCUT2D eigenvalue weighted by atomic mass is 16.2.